The quantitative estimate of drug-likeness (QED) is 0.163. The fourth-order valence-corrected chi connectivity index (χ4v) is 5.32. The van der Waals surface area contributed by atoms with Gasteiger partial charge in [0.25, 0.3) is 5.91 Å². The zero-order valence-corrected chi connectivity index (χ0v) is 24.8. The lowest BCUT2D eigenvalue weighted by molar-refractivity contribution is -0.146. The summed E-state index contributed by atoms with van der Waals surface area (Å²) in [5.41, 5.74) is 0.413. The summed E-state index contributed by atoms with van der Waals surface area (Å²) >= 11 is 0. The van der Waals surface area contributed by atoms with E-state index in [0.717, 1.165) is 32.1 Å². The molecule has 0 spiro atoms. The summed E-state index contributed by atoms with van der Waals surface area (Å²) in [6.07, 6.45) is 5.61. The van der Waals surface area contributed by atoms with Crippen molar-refractivity contribution in [2.24, 2.45) is 11.8 Å². The maximum absolute atomic E-state index is 13.7. The summed E-state index contributed by atoms with van der Waals surface area (Å²) in [6.45, 7) is 2.12. The molecule has 1 aromatic rings. The maximum atomic E-state index is 13.7. The third-order valence-corrected chi connectivity index (χ3v) is 7.67. The van der Waals surface area contributed by atoms with Gasteiger partial charge in [-0.15, -0.1) is 0 Å². The van der Waals surface area contributed by atoms with Crippen LogP contribution in [0.3, 0.4) is 0 Å². The van der Waals surface area contributed by atoms with Crippen LogP contribution in [0.4, 0.5) is 0 Å². The van der Waals surface area contributed by atoms with Crippen LogP contribution in [0.2, 0.25) is 0 Å². The molecule has 0 radical (unpaired) electrons. The standard InChI is InChI=1S/C31H43N3O9/c1-2-43-28(37)19-32-31(40)29(38)25(20-42-21-26(35)23-11-7-4-8-12-23)33-30(39)24(17-22-9-5-3-6-10-22)18-27(36)34-13-15-41-16-14-34/h4,7-8,11-12,22,24-25H,2-3,5-6,9-10,13-21H2,1H3,(H,32,40)(H,33,39)/t24-,25+/m1/s1. The van der Waals surface area contributed by atoms with E-state index in [1.807, 2.05) is 0 Å². The van der Waals surface area contributed by atoms with Gasteiger partial charge < -0.3 is 29.7 Å². The predicted molar refractivity (Wildman–Crippen MR) is 155 cm³/mol. The van der Waals surface area contributed by atoms with Crippen molar-refractivity contribution in [1.82, 2.24) is 15.5 Å². The molecule has 1 heterocycles. The van der Waals surface area contributed by atoms with E-state index in [-0.39, 0.29) is 37.2 Å². The first-order valence-corrected chi connectivity index (χ1v) is 15.1. The number of morpholine rings is 1. The van der Waals surface area contributed by atoms with E-state index in [1.165, 1.54) is 0 Å². The molecule has 2 N–H and O–H groups in total. The fourth-order valence-electron chi connectivity index (χ4n) is 5.32. The summed E-state index contributed by atoms with van der Waals surface area (Å²) in [7, 11) is 0. The topological polar surface area (TPSA) is 157 Å². The lowest BCUT2D eigenvalue weighted by Crippen LogP contribution is -2.52. The van der Waals surface area contributed by atoms with Gasteiger partial charge in [-0.1, -0.05) is 62.4 Å². The molecule has 0 unspecified atom stereocenters. The van der Waals surface area contributed by atoms with Crippen LogP contribution in [0, 0.1) is 11.8 Å². The normalized spacial score (nSPS) is 16.9. The highest BCUT2D eigenvalue weighted by Crippen LogP contribution is 2.30. The molecule has 2 atom stereocenters. The Morgan fingerprint density at radius 2 is 1.70 bits per heavy atom. The van der Waals surface area contributed by atoms with Crippen LogP contribution in [0.15, 0.2) is 30.3 Å². The molecule has 2 fully saturated rings. The number of hydrogen-bond acceptors (Lipinski definition) is 9. The molecule has 3 rings (SSSR count). The molecule has 3 amide bonds. The number of carbonyl (C=O) groups is 6. The van der Waals surface area contributed by atoms with Gasteiger partial charge >= 0.3 is 5.97 Å². The van der Waals surface area contributed by atoms with Crippen molar-refractivity contribution in [2.75, 3.05) is 52.7 Å². The summed E-state index contributed by atoms with van der Waals surface area (Å²) < 4.78 is 15.6. The van der Waals surface area contributed by atoms with Gasteiger partial charge in [0.05, 0.1) is 26.4 Å². The summed E-state index contributed by atoms with van der Waals surface area (Å²) in [5.74, 6) is -4.36. The maximum Gasteiger partial charge on any atom is 0.325 e. The predicted octanol–water partition coefficient (Wildman–Crippen LogP) is 1.45. The van der Waals surface area contributed by atoms with Gasteiger partial charge in [0, 0.05) is 31.0 Å². The Labute approximate surface area is 252 Å². The van der Waals surface area contributed by atoms with Crippen molar-refractivity contribution >= 4 is 35.3 Å². The SMILES string of the molecule is CCOC(=O)CNC(=O)C(=O)[C@H](COCC(=O)c1ccccc1)NC(=O)[C@@H](CC(=O)N1CCOCC1)CC1CCCCC1. The summed E-state index contributed by atoms with van der Waals surface area (Å²) in [5, 5.41) is 4.83. The number of nitrogens with one attached hydrogen (secondary N) is 2. The van der Waals surface area contributed by atoms with E-state index in [9.17, 15) is 28.8 Å². The Hall–Kier alpha value is -3.64. The number of ether oxygens (including phenoxy) is 3. The molecule has 1 saturated carbocycles. The monoisotopic (exact) mass is 601 g/mol. The molecular weight excluding hydrogens is 558 g/mol. The Morgan fingerprint density at radius 1 is 1.00 bits per heavy atom. The van der Waals surface area contributed by atoms with Gasteiger partial charge in [-0.2, -0.15) is 0 Å². The van der Waals surface area contributed by atoms with Crippen molar-refractivity contribution in [3.05, 3.63) is 35.9 Å². The Balaban J connectivity index is 1.71. The highest BCUT2D eigenvalue weighted by molar-refractivity contribution is 6.38. The minimum absolute atomic E-state index is 0.0361. The zero-order chi connectivity index (χ0) is 31.0. The molecule has 1 aromatic carbocycles. The number of Topliss-reactive ketones (excluding diaryl/α,β-unsaturated/α-hetero) is 2. The first kappa shape index (κ1) is 33.9. The van der Waals surface area contributed by atoms with Crippen LogP contribution in [-0.2, 0) is 38.2 Å². The van der Waals surface area contributed by atoms with Crippen LogP contribution in [0.5, 0.6) is 0 Å². The van der Waals surface area contributed by atoms with Crippen molar-refractivity contribution in [3.63, 3.8) is 0 Å². The van der Waals surface area contributed by atoms with Crippen LogP contribution in [0.1, 0.15) is 62.2 Å². The zero-order valence-electron chi connectivity index (χ0n) is 24.8. The molecule has 2 aliphatic rings. The van der Waals surface area contributed by atoms with Crippen molar-refractivity contribution < 1.29 is 43.0 Å². The molecule has 1 saturated heterocycles. The average molecular weight is 602 g/mol. The number of ketones is 2. The third-order valence-electron chi connectivity index (χ3n) is 7.67. The van der Waals surface area contributed by atoms with Crippen molar-refractivity contribution in [2.45, 2.75) is 57.9 Å². The van der Waals surface area contributed by atoms with E-state index >= 15 is 0 Å². The van der Waals surface area contributed by atoms with Crippen LogP contribution in [0.25, 0.3) is 0 Å². The minimum Gasteiger partial charge on any atom is -0.465 e. The van der Waals surface area contributed by atoms with Crippen molar-refractivity contribution in [1.29, 1.82) is 0 Å². The van der Waals surface area contributed by atoms with Gasteiger partial charge in [0.2, 0.25) is 17.6 Å². The van der Waals surface area contributed by atoms with E-state index in [0.29, 0.717) is 38.3 Å². The number of benzene rings is 1. The van der Waals surface area contributed by atoms with Crippen LogP contribution >= 0.6 is 0 Å². The number of carbonyl (C=O) groups excluding carboxylic acids is 6. The number of rotatable bonds is 16. The highest BCUT2D eigenvalue weighted by atomic mass is 16.5. The molecular formula is C31H43N3O9. The lowest BCUT2D eigenvalue weighted by atomic mass is 9.81. The number of esters is 1. The lowest BCUT2D eigenvalue weighted by Gasteiger charge is -2.30. The van der Waals surface area contributed by atoms with E-state index in [1.54, 1.807) is 42.2 Å². The van der Waals surface area contributed by atoms with E-state index in [2.05, 4.69) is 10.6 Å². The summed E-state index contributed by atoms with van der Waals surface area (Å²) in [6, 6.07) is 6.99. The first-order valence-electron chi connectivity index (χ1n) is 15.1. The Bertz CT molecular complexity index is 1100. The molecule has 12 nitrogen and oxygen atoms in total. The van der Waals surface area contributed by atoms with E-state index < -0.39 is 48.7 Å². The van der Waals surface area contributed by atoms with Gasteiger partial charge in [-0.3, -0.25) is 28.8 Å². The molecule has 1 aliphatic heterocycles. The van der Waals surface area contributed by atoms with Gasteiger partial charge in [0.15, 0.2) is 5.78 Å². The second-order valence-electron chi connectivity index (χ2n) is 10.9. The summed E-state index contributed by atoms with van der Waals surface area (Å²) in [4.78, 5) is 78.4. The largest absolute Gasteiger partial charge is 0.465 e. The molecule has 12 heteroatoms. The third kappa shape index (κ3) is 11.5. The molecule has 1 aliphatic carbocycles. The molecule has 43 heavy (non-hydrogen) atoms. The number of amides is 3. The van der Waals surface area contributed by atoms with Gasteiger partial charge in [-0.25, -0.2) is 0 Å². The second-order valence-corrected chi connectivity index (χ2v) is 10.9. The Kier molecular flexibility index (Phi) is 14.3. The molecule has 236 valence electrons. The number of nitrogens with zero attached hydrogens (tertiary/aromatic N) is 1. The average Bonchev–Trinajstić information content (AvgIpc) is 3.03. The van der Waals surface area contributed by atoms with Crippen LogP contribution in [-0.4, -0.2) is 98.9 Å². The Morgan fingerprint density at radius 3 is 2.37 bits per heavy atom. The first-order chi connectivity index (χ1) is 20.8. The molecule has 0 bridgehead atoms. The smallest absolute Gasteiger partial charge is 0.325 e. The van der Waals surface area contributed by atoms with Gasteiger partial charge in [-0.05, 0) is 19.3 Å². The highest BCUT2D eigenvalue weighted by Gasteiger charge is 2.33. The fraction of sp³-hybridized carbons (Fsp3) is 0.613. The van der Waals surface area contributed by atoms with Gasteiger partial charge in [0.1, 0.15) is 19.2 Å². The molecule has 0 aromatic heterocycles. The van der Waals surface area contributed by atoms with Crippen LogP contribution < -0.4 is 10.6 Å². The van der Waals surface area contributed by atoms with E-state index in [4.69, 9.17) is 14.2 Å². The second kappa shape index (κ2) is 18.1. The number of hydrogen-bond donors (Lipinski definition) is 2. The van der Waals surface area contributed by atoms with Crippen molar-refractivity contribution in [3.8, 4) is 0 Å². The minimum atomic E-state index is -1.44.